The summed E-state index contributed by atoms with van der Waals surface area (Å²) in [7, 11) is 3.42. The average Bonchev–Trinajstić information content (AvgIpc) is 3.11. The van der Waals surface area contributed by atoms with E-state index in [1.165, 1.54) is 0 Å². The Hall–Kier alpha value is -1.73. The highest BCUT2D eigenvalue weighted by Crippen LogP contribution is 2.25. The fourth-order valence-electron chi connectivity index (χ4n) is 2.68. The molecule has 6 nitrogen and oxygen atoms in total. The van der Waals surface area contributed by atoms with E-state index in [9.17, 15) is 9.59 Å². The predicted octanol–water partition coefficient (Wildman–Crippen LogP) is 2.10. The smallest absolute Gasteiger partial charge is 0.255 e. The van der Waals surface area contributed by atoms with Crippen molar-refractivity contribution in [3.8, 4) is 5.75 Å². The minimum Gasteiger partial charge on any atom is -0.494 e. The second-order valence-electron chi connectivity index (χ2n) is 5.85. The zero-order chi connectivity index (χ0) is 18.2. The molecule has 0 bridgehead atoms. The Balaban J connectivity index is 2.01. The van der Waals surface area contributed by atoms with E-state index in [0.29, 0.717) is 37.0 Å². The van der Waals surface area contributed by atoms with Crippen LogP contribution >= 0.6 is 11.8 Å². The van der Waals surface area contributed by atoms with E-state index >= 15 is 0 Å². The normalized spacial score (nSPS) is 16.8. The molecule has 1 atom stereocenters. The van der Waals surface area contributed by atoms with Crippen molar-refractivity contribution in [1.29, 1.82) is 0 Å². The lowest BCUT2D eigenvalue weighted by molar-refractivity contribution is -0.133. The van der Waals surface area contributed by atoms with Gasteiger partial charge in [-0.1, -0.05) is 0 Å². The summed E-state index contributed by atoms with van der Waals surface area (Å²) in [6.07, 6.45) is 0.783. The molecule has 2 amide bonds. The third-order valence-electron chi connectivity index (χ3n) is 4.06. The summed E-state index contributed by atoms with van der Waals surface area (Å²) in [5.41, 5.74) is 0.575. The number of nitrogens with zero attached hydrogens (tertiary/aromatic N) is 2. The molecule has 1 aliphatic heterocycles. The van der Waals surface area contributed by atoms with Crippen LogP contribution in [-0.4, -0.2) is 73.2 Å². The molecule has 1 fully saturated rings. The number of benzene rings is 1. The molecule has 1 aliphatic rings. The number of hydrogen-bond donors (Lipinski definition) is 0. The Morgan fingerprint density at radius 2 is 2.04 bits per heavy atom. The number of methoxy groups -OCH3 is 1. The van der Waals surface area contributed by atoms with E-state index in [1.54, 1.807) is 60.0 Å². The molecule has 0 spiro atoms. The van der Waals surface area contributed by atoms with Crippen molar-refractivity contribution in [3.05, 3.63) is 29.8 Å². The third-order valence-corrected chi connectivity index (χ3v) is 5.07. The van der Waals surface area contributed by atoms with E-state index in [1.807, 2.05) is 6.92 Å². The number of rotatable bonds is 8. The number of hydrogen-bond acceptors (Lipinski definition) is 5. The quantitative estimate of drug-likeness (QED) is 0.660. The van der Waals surface area contributed by atoms with Crippen LogP contribution in [0.4, 0.5) is 0 Å². The van der Waals surface area contributed by atoms with Gasteiger partial charge in [-0.2, -0.15) is 0 Å². The number of carbonyl (C=O) groups is 2. The Morgan fingerprint density at radius 1 is 1.32 bits per heavy atom. The standard InChI is InChI=1S/C18H26N2O4S/c1-4-24-15-8-6-14(7-9-15)17(21)20-13-25-12-16(20)18(22)19(2)10-5-11-23-3/h6-9,16H,4-5,10-13H2,1-3H3/t16-/m0/s1. The average molecular weight is 366 g/mol. The molecular formula is C18H26N2O4S. The van der Waals surface area contributed by atoms with E-state index in [2.05, 4.69) is 0 Å². The van der Waals surface area contributed by atoms with Crippen LogP contribution in [0, 0.1) is 0 Å². The van der Waals surface area contributed by atoms with Crippen molar-refractivity contribution >= 4 is 23.6 Å². The second kappa shape index (κ2) is 9.68. The van der Waals surface area contributed by atoms with Gasteiger partial charge in [-0.15, -0.1) is 11.8 Å². The molecule has 1 aromatic rings. The van der Waals surface area contributed by atoms with Crippen LogP contribution < -0.4 is 4.74 Å². The van der Waals surface area contributed by atoms with E-state index < -0.39 is 6.04 Å². The minimum atomic E-state index is -0.406. The third kappa shape index (κ3) is 5.12. The maximum atomic E-state index is 12.8. The van der Waals surface area contributed by atoms with Crippen molar-refractivity contribution in [2.75, 3.05) is 45.5 Å². The van der Waals surface area contributed by atoms with Gasteiger partial charge in [0, 0.05) is 38.6 Å². The van der Waals surface area contributed by atoms with Gasteiger partial charge in [0.2, 0.25) is 5.91 Å². The van der Waals surface area contributed by atoms with Crippen molar-refractivity contribution in [3.63, 3.8) is 0 Å². The maximum absolute atomic E-state index is 12.8. The minimum absolute atomic E-state index is 0.0135. The fraction of sp³-hybridized carbons (Fsp3) is 0.556. The molecule has 1 heterocycles. The van der Waals surface area contributed by atoms with Crippen molar-refractivity contribution in [2.45, 2.75) is 19.4 Å². The van der Waals surface area contributed by atoms with Crippen LogP contribution in [0.2, 0.25) is 0 Å². The summed E-state index contributed by atoms with van der Waals surface area (Å²) in [6.45, 7) is 3.74. The van der Waals surface area contributed by atoms with Gasteiger partial charge in [0.1, 0.15) is 11.8 Å². The van der Waals surface area contributed by atoms with Gasteiger partial charge in [-0.25, -0.2) is 0 Å². The Labute approximate surface area is 153 Å². The van der Waals surface area contributed by atoms with Crippen molar-refractivity contribution < 1.29 is 19.1 Å². The van der Waals surface area contributed by atoms with Gasteiger partial charge < -0.3 is 19.3 Å². The van der Waals surface area contributed by atoms with Crippen LogP contribution in [0.25, 0.3) is 0 Å². The maximum Gasteiger partial charge on any atom is 0.255 e. The monoisotopic (exact) mass is 366 g/mol. The van der Waals surface area contributed by atoms with Crippen LogP contribution in [0.1, 0.15) is 23.7 Å². The first-order chi connectivity index (χ1) is 12.1. The molecular weight excluding hydrogens is 340 g/mol. The Bertz CT molecular complexity index is 579. The van der Waals surface area contributed by atoms with Crippen LogP contribution in [0.3, 0.4) is 0 Å². The predicted molar refractivity (Wildman–Crippen MR) is 99.0 cm³/mol. The topological polar surface area (TPSA) is 59.1 Å². The number of thioether (sulfide) groups is 1. The van der Waals surface area contributed by atoms with Crippen LogP contribution in [-0.2, 0) is 9.53 Å². The lowest BCUT2D eigenvalue weighted by Gasteiger charge is -2.27. The molecule has 0 aromatic heterocycles. The first kappa shape index (κ1) is 19.6. The summed E-state index contributed by atoms with van der Waals surface area (Å²) >= 11 is 1.61. The lowest BCUT2D eigenvalue weighted by atomic mass is 10.1. The number of amides is 2. The summed E-state index contributed by atoms with van der Waals surface area (Å²) < 4.78 is 10.4. The number of carbonyl (C=O) groups excluding carboxylic acids is 2. The molecule has 0 radical (unpaired) electrons. The van der Waals surface area contributed by atoms with Gasteiger partial charge in [0.25, 0.3) is 5.91 Å². The lowest BCUT2D eigenvalue weighted by Crippen LogP contribution is -2.48. The van der Waals surface area contributed by atoms with Gasteiger partial charge in [0.15, 0.2) is 0 Å². The van der Waals surface area contributed by atoms with E-state index in [0.717, 1.165) is 12.2 Å². The van der Waals surface area contributed by atoms with Crippen molar-refractivity contribution in [2.24, 2.45) is 0 Å². The highest BCUT2D eigenvalue weighted by Gasteiger charge is 2.36. The fourth-order valence-corrected chi connectivity index (χ4v) is 3.83. The summed E-state index contributed by atoms with van der Waals surface area (Å²) in [4.78, 5) is 28.8. The molecule has 2 rings (SSSR count). The first-order valence-electron chi connectivity index (χ1n) is 8.44. The van der Waals surface area contributed by atoms with Crippen LogP contribution in [0.5, 0.6) is 5.75 Å². The highest BCUT2D eigenvalue weighted by molar-refractivity contribution is 7.99. The van der Waals surface area contributed by atoms with E-state index in [-0.39, 0.29) is 11.8 Å². The summed E-state index contributed by atoms with van der Waals surface area (Å²) in [5, 5.41) is 0. The summed E-state index contributed by atoms with van der Waals surface area (Å²) in [6, 6.07) is 6.67. The first-order valence-corrected chi connectivity index (χ1v) is 9.59. The second-order valence-corrected chi connectivity index (χ2v) is 6.85. The molecule has 1 aromatic carbocycles. The molecule has 0 aliphatic carbocycles. The zero-order valence-corrected chi connectivity index (χ0v) is 15.9. The van der Waals surface area contributed by atoms with Gasteiger partial charge >= 0.3 is 0 Å². The molecule has 0 saturated carbocycles. The zero-order valence-electron chi connectivity index (χ0n) is 15.1. The number of likely N-dealkylation sites (N-methyl/N-ethyl adjacent to an activating group) is 1. The molecule has 25 heavy (non-hydrogen) atoms. The van der Waals surface area contributed by atoms with Crippen LogP contribution in [0.15, 0.2) is 24.3 Å². The van der Waals surface area contributed by atoms with Gasteiger partial charge in [-0.05, 0) is 37.6 Å². The van der Waals surface area contributed by atoms with Gasteiger partial charge in [-0.3, -0.25) is 9.59 Å². The number of ether oxygens (including phenoxy) is 2. The van der Waals surface area contributed by atoms with Gasteiger partial charge in [0.05, 0.1) is 12.5 Å². The molecule has 0 N–H and O–H groups in total. The molecule has 138 valence electrons. The molecule has 1 saturated heterocycles. The summed E-state index contributed by atoms with van der Waals surface area (Å²) in [5.74, 6) is 1.78. The SMILES string of the molecule is CCOc1ccc(C(=O)N2CSC[C@H]2C(=O)N(C)CCCOC)cc1. The van der Waals surface area contributed by atoms with Crippen molar-refractivity contribution in [1.82, 2.24) is 9.80 Å². The molecule has 0 unspecified atom stereocenters. The van der Waals surface area contributed by atoms with E-state index in [4.69, 9.17) is 9.47 Å². The Kier molecular flexibility index (Phi) is 7.58. The largest absolute Gasteiger partial charge is 0.494 e. The highest BCUT2D eigenvalue weighted by atomic mass is 32.2. The Morgan fingerprint density at radius 3 is 2.68 bits per heavy atom. The molecule has 7 heteroatoms.